The van der Waals surface area contributed by atoms with E-state index in [1.165, 1.54) is 5.56 Å². The molecule has 0 aliphatic carbocycles. The maximum Gasteiger partial charge on any atom is 0.127 e. The zero-order valence-corrected chi connectivity index (χ0v) is 11.4. The third-order valence-electron chi connectivity index (χ3n) is 2.73. The van der Waals surface area contributed by atoms with Crippen LogP contribution in [-0.4, -0.2) is 6.04 Å². The monoisotopic (exact) mass is 256 g/mol. The molecule has 0 radical (unpaired) electrons. The van der Waals surface area contributed by atoms with Gasteiger partial charge in [-0.1, -0.05) is 26.0 Å². The van der Waals surface area contributed by atoms with Crippen molar-refractivity contribution in [1.82, 2.24) is 5.32 Å². The number of nitrogens with one attached hydrogen (secondary N) is 1. The van der Waals surface area contributed by atoms with Crippen LogP contribution in [0.5, 0.6) is 11.5 Å². The number of hydrogen-bond donors (Lipinski definition) is 2. The van der Waals surface area contributed by atoms with Crippen LogP contribution in [0.15, 0.2) is 48.5 Å². The Morgan fingerprint density at radius 2 is 1.79 bits per heavy atom. The molecule has 0 saturated heterocycles. The molecule has 2 aromatic carbocycles. The fourth-order valence-electron chi connectivity index (χ4n) is 1.71. The van der Waals surface area contributed by atoms with Crippen molar-refractivity contribution in [3.05, 3.63) is 54.1 Å². The first-order valence-electron chi connectivity index (χ1n) is 6.49. The minimum Gasteiger partial charge on any atom is -0.457 e. The second-order valence-corrected chi connectivity index (χ2v) is 4.85. The van der Waals surface area contributed by atoms with Gasteiger partial charge in [0.1, 0.15) is 11.5 Å². The highest BCUT2D eigenvalue weighted by atomic mass is 16.5. The highest BCUT2D eigenvalue weighted by molar-refractivity contribution is 5.43. The molecular formula is C16H20N2O. The number of hydrogen-bond acceptors (Lipinski definition) is 3. The van der Waals surface area contributed by atoms with Crippen molar-refractivity contribution in [3.8, 4) is 11.5 Å². The molecule has 3 nitrogen and oxygen atoms in total. The highest BCUT2D eigenvalue weighted by Crippen LogP contribution is 2.23. The molecule has 0 amide bonds. The number of anilines is 1. The van der Waals surface area contributed by atoms with Crippen molar-refractivity contribution < 1.29 is 4.74 Å². The number of benzene rings is 2. The first kappa shape index (κ1) is 13.4. The van der Waals surface area contributed by atoms with Crippen LogP contribution >= 0.6 is 0 Å². The van der Waals surface area contributed by atoms with Crippen molar-refractivity contribution in [2.75, 3.05) is 5.73 Å². The van der Waals surface area contributed by atoms with Crippen molar-refractivity contribution >= 4 is 5.69 Å². The number of ether oxygens (including phenoxy) is 1. The predicted molar refractivity (Wildman–Crippen MR) is 79.3 cm³/mol. The first-order valence-corrected chi connectivity index (χ1v) is 6.49. The Bertz CT molecular complexity index is 521. The number of nitrogens with two attached hydrogens (primary N) is 1. The molecule has 0 atom stereocenters. The summed E-state index contributed by atoms with van der Waals surface area (Å²) in [7, 11) is 0. The molecule has 0 saturated carbocycles. The average Bonchev–Trinajstić information content (AvgIpc) is 2.40. The Labute approximate surface area is 114 Å². The van der Waals surface area contributed by atoms with E-state index in [2.05, 4.69) is 25.2 Å². The summed E-state index contributed by atoms with van der Waals surface area (Å²) in [6.07, 6.45) is 0. The molecule has 0 spiro atoms. The second-order valence-electron chi connectivity index (χ2n) is 4.85. The summed E-state index contributed by atoms with van der Waals surface area (Å²) in [5, 5.41) is 3.39. The molecule has 0 aliphatic rings. The van der Waals surface area contributed by atoms with E-state index in [-0.39, 0.29) is 0 Å². The minimum absolute atomic E-state index is 0.474. The van der Waals surface area contributed by atoms with Crippen molar-refractivity contribution in [2.45, 2.75) is 26.4 Å². The largest absolute Gasteiger partial charge is 0.457 e. The number of nitrogen functional groups attached to an aromatic ring is 1. The number of rotatable bonds is 5. The summed E-state index contributed by atoms with van der Waals surface area (Å²) >= 11 is 0. The summed E-state index contributed by atoms with van der Waals surface area (Å²) in [6.45, 7) is 5.11. The summed E-state index contributed by atoms with van der Waals surface area (Å²) in [5.41, 5.74) is 7.60. The van der Waals surface area contributed by atoms with Crippen molar-refractivity contribution in [3.63, 3.8) is 0 Å². The maximum absolute atomic E-state index is 5.80. The van der Waals surface area contributed by atoms with Gasteiger partial charge in [0.2, 0.25) is 0 Å². The molecule has 3 N–H and O–H groups in total. The van der Waals surface area contributed by atoms with Crippen LogP contribution in [0, 0.1) is 0 Å². The van der Waals surface area contributed by atoms with Gasteiger partial charge in [-0.15, -0.1) is 0 Å². The average molecular weight is 256 g/mol. The van der Waals surface area contributed by atoms with Gasteiger partial charge in [-0.25, -0.2) is 0 Å². The lowest BCUT2D eigenvalue weighted by Crippen LogP contribution is -2.21. The molecule has 0 bridgehead atoms. The third-order valence-corrected chi connectivity index (χ3v) is 2.73. The van der Waals surface area contributed by atoms with Crippen LogP contribution < -0.4 is 15.8 Å². The molecular weight excluding hydrogens is 236 g/mol. The first-order chi connectivity index (χ1) is 9.13. The molecule has 0 aliphatic heterocycles. The Morgan fingerprint density at radius 1 is 1.05 bits per heavy atom. The van der Waals surface area contributed by atoms with E-state index < -0.39 is 0 Å². The van der Waals surface area contributed by atoms with Gasteiger partial charge in [0.15, 0.2) is 0 Å². The van der Waals surface area contributed by atoms with Crippen molar-refractivity contribution in [1.29, 1.82) is 0 Å². The fraction of sp³-hybridized carbons (Fsp3) is 0.250. The van der Waals surface area contributed by atoms with Crippen LogP contribution in [0.1, 0.15) is 19.4 Å². The van der Waals surface area contributed by atoms with Gasteiger partial charge in [-0.2, -0.15) is 0 Å². The molecule has 0 fully saturated rings. The summed E-state index contributed by atoms with van der Waals surface area (Å²) in [5.74, 6) is 1.64. The minimum atomic E-state index is 0.474. The topological polar surface area (TPSA) is 47.3 Å². The fourth-order valence-corrected chi connectivity index (χ4v) is 1.71. The van der Waals surface area contributed by atoms with Gasteiger partial charge in [0.05, 0.1) is 0 Å². The standard InChI is InChI=1S/C16H20N2O/c1-12(2)18-11-13-4-3-5-16(10-13)19-15-8-6-14(17)7-9-15/h3-10,12,18H,11,17H2,1-2H3. The Kier molecular flexibility index (Phi) is 4.42. The van der Waals surface area contributed by atoms with E-state index in [0.717, 1.165) is 23.7 Å². The van der Waals surface area contributed by atoms with Gasteiger partial charge in [-0.05, 0) is 42.0 Å². The lowest BCUT2D eigenvalue weighted by molar-refractivity contribution is 0.481. The smallest absolute Gasteiger partial charge is 0.127 e. The lowest BCUT2D eigenvalue weighted by atomic mass is 10.2. The van der Waals surface area contributed by atoms with Crippen LogP contribution in [0.2, 0.25) is 0 Å². The van der Waals surface area contributed by atoms with Gasteiger partial charge >= 0.3 is 0 Å². The quantitative estimate of drug-likeness (QED) is 0.804. The van der Waals surface area contributed by atoms with E-state index >= 15 is 0 Å². The molecule has 100 valence electrons. The summed E-state index contributed by atoms with van der Waals surface area (Å²) in [4.78, 5) is 0. The van der Waals surface area contributed by atoms with Crippen LogP contribution in [0.4, 0.5) is 5.69 Å². The van der Waals surface area contributed by atoms with E-state index in [9.17, 15) is 0 Å². The Balaban J connectivity index is 2.04. The van der Waals surface area contributed by atoms with Crippen molar-refractivity contribution in [2.24, 2.45) is 0 Å². The SMILES string of the molecule is CC(C)NCc1cccc(Oc2ccc(N)cc2)c1. The second kappa shape index (κ2) is 6.25. The highest BCUT2D eigenvalue weighted by Gasteiger charge is 2.00. The lowest BCUT2D eigenvalue weighted by Gasteiger charge is -2.10. The van der Waals surface area contributed by atoms with E-state index in [1.54, 1.807) is 0 Å². The summed E-state index contributed by atoms with van der Waals surface area (Å²) in [6, 6.07) is 16.0. The van der Waals surface area contributed by atoms with E-state index in [0.29, 0.717) is 6.04 Å². The summed E-state index contributed by atoms with van der Waals surface area (Å²) < 4.78 is 5.80. The Morgan fingerprint density at radius 3 is 2.47 bits per heavy atom. The van der Waals surface area contributed by atoms with Gasteiger partial charge in [-0.3, -0.25) is 0 Å². The molecule has 0 aromatic heterocycles. The Hall–Kier alpha value is -2.00. The maximum atomic E-state index is 5.80. The molecule has 0 unspecified atom stereocenters. The third kappa shape index (κ3) is 4.30. The zero-order chi connectivity index (χ0) is 13.7. The normalized spacial score (nSPS) is 10.7. The molecule has 2 rings (SSSR count). The van der Waals surface area contributed by atoms with Crippen LogP contribution in [-0.2, 0) is 6.54 Å². The molecule has 3 heteroatoms. The van der Waals surface area contributed by atoms with Crippen LogP contribution in [0.25, 0.3) is 0 Å². The van der Waals surface area contributed by atoms with Crippen LogP contribution in [0.3, 0.4) is 0 Å². The molecule has 19 heavy (non-hydrogen) atoms. The van der Waals surface area contributed by atoms with Gasteiger partial charge in [0, 0.05) is 18.3 Å². The van der Waals surface area contributed by atoms with Gasteiger partial charge < -0.3 is 15.8 Å². The zero-order valence-electron chi connectivity index (χ0n) is 11.4. The predicted octanol–water partition coefficient (Wildman–Crippen LogP) is 3.56. The molecule has 2 aromatic rings. The molecule has 0 heterocycles. The van der Waals surface area contributed by atoms with E-state index in [1.807, 2.05) is 42.5 Å². The van der Waals surface area contributed by atoms with E-state index in [4.69, 9.17) is 10.5 Å². The van der Waals surface area contributed by atoms with Gasteiger partial charge in [0.25, 0.3) is 0 Å².